The Morgan fingerprint density at radius 1 is 1.08 bits per heavy atom. The molecule has 0 aliphatic rings. The van der Waals surface area contributed by atoms with E-state index in [1.165, 1.54) is 18.3 Å². The van der Waals surface area contributed by atoms with E-state index in [0.29, 0.717) is 22.2 Å². The molecular weight excluding hydrogens is 481 g/mol. The molecule has 0 spiro atoms. The summed E-state index contributed by atoms with van der Waals surface area (Å²) >= 11 is 0. The fourth-order valence-corrected chi connectivity index (χ4v) is 3.68. The highest BCUT2D eigenvalue weighted by Gasteiger charge is 2.31. The van der Waals surface area contributed by atoms with Gasteiger partial charge in [0.2, 0.25) is 0 Å². The van der Waals surface area contributed by atoms with Gasteiger partial charge < -0.3 is 9.64 Å². The van der Waals surface area contributed by atoms with Crippen LogP contribution in [0.5, 0.6) is 5.75 Å². The van der Waals surface area contributed by atoms with Gasteiger partial charge in [-0.15, -0.1) is 0 Å². The number of hydrogen-bond donors (Lipinski definition) is 0. The number of hydrogen-bond acceptors (Lipinski definition) is 5. The van der Waals surface area contributed by atoms with Crippen molar-refractivity contribution in [2.75, 3.05) is 19.0 Å². The molecular formula is C28H27F3N4O2. The van der Waals surface area contributed by atoms with Gasteiger partial charge >= 0.3 is 6.18 Å². The average molecular weight is 509 g/mol. The SMILES string of the molecule is CC[C@H](C)Oc1cc(N(C)C)ccc1C=Nn1c(-c2cccc(C(F)(F)F)c2)nc2ccccc2c1=O. The van der Waals surface area contributed by atoms with Crippen LogP contribution in [0.4, 0.5) is 18.9 Å². The first-order valence-corrected chi connectivity index (χ1v) is 11.8. The number of halogens is 3. The normalized spacial score (nSPS) is 12.7. The van der Waals surface area contributed by atoms with Crippen molar-refractivity contribution in [2.45, 2.75) is 32.5 Å². The van der Waals surface area contributed by atoms with E-state index >= 15 is 0 Å². The second-order valence-electron chi connectivity index (χ2n) is 8.85. The van der Waals surface area contributed by atoms with Crippen LogP contribution in [0.2, 0.25) is 0 Å². The van der Waals surface area contributed by atoms with Crippen LogP contribution < -0.4 is 15.2 Å². The minimum atomic E-state index is -4.54. The Morgan fingerprint density at radius 2 is 1.84 bits per heavy atom. The summed E-state index contributed by atoms with van der Waals surface area (Å²) in [4.78, 5) is 19.9. The average Bonchev–Trinajstić information content (AvgIpc) is 2.88. The van der Waals surface area contributed by atoms with Crippen LogP contribution in [0.3, 0.4) is 0 Å². The largest absolute Gasteiger partial charge is 0.490 e. The van der Waals surface area contributed by atoms with Gasteiger partial charge in [0.25, 0.3) is 5.56 Å². The predicted molar refractivity (Wildman–Crippen MR) is 141 cm³/mol. The third kappa shape index (κ3) is 5.66. The first-order valence-electron chi connectivity index (χ1n) is 11.8. The summed E-state index contributed by atoms with van der Waals surface area (Å²) in [6, 6.07) is 16.9. The lowest BCUT2D eigenvalue weighted by Crippen LogP contribution is -2.20. The van der Waals surface area contributed by atoms with E-state index in [9.17, 15) is 18.0 Å². The number of para-hydroxylation sites is 1. The predicted octanol–water partition coefficient (Wildman–Crippen LogP) is 6.21. The molecule has 6 nitrogen and oxygen atoms in total. The highest BCUT2D eigenvalue weighted by Crippen LogP contribution is 2.32. The molecule has 0 unspecified atom stereocenters. The Bertz CT molecular complexity index is 1510. The van der Waals surface area contributed by atoms with Gasteiger partial charge in [0.15, 0.2) is 5.82 Å². The highest BCUT2D eigenvalue weighted by molar-refractivity contribution is 5.85. The molecule has 9 heteroatoms. The topological polar surface area (TPSA) is 59.7 Å². The van der Waals surface area contributed by atoms with E-state index in [4.69, 9.17) is 4.74 Å². The summed E-state index contributed by atoms with van der Waals surface area (Å²) in [5, 5.41) is 4.70. The number of fused-ring (bicyclic) bond motifs is 1. The minimum absolute atomic E-state index is 0.000330. The van der Waals surface area contributed by atoms with Crippen LogP contribution >= 0.6 is 0 Å². The monoisotopic (exact) mass is 508 g/mol. The zero-order chi connectivity index (χ0) is 26.7. The maximum Gasteiger partial charge on any atom is 0.416 e. The van der Waals surface area contributed by atoms with Gasteiger partial charge in [0.05, 0.1) is 28.8 Å². The number of ether oxygens (including phenoxy) is 1. The van der Waals surface area contributed by atoms with Gasteiger partial charge in [-0.05, 0) is 49.7 Å². The summed E-state index contributed by atoms with van der Waals surface area (Å²) in [5.74, 6) is 0.576. The highest BCUT2D eigenvalue weighted by atomic mass is 19.4. The van der Waals surface area contributed by atoms with Crippen LogP contribution in [-0.2, 0) is 6.18 Å². The van der Waals surface area contributed by atoms with Crippen LogP contribution in [0.25, 0.3) is 22.3 Å². The van der Waals surface area contributed by atoms with E-state index in [2.05, 4.69) is 10.1 Å². The Morgan fingerprint density at radius 3 is 2.54 bits per heavy atom. The molecule has 0 saturated carbocycles. The van der Waals surface area contributed by atoms with Crippen molar-refractivity contribution >= 4 is 22.8 Å². The quantitative estimate of drug-likeness (QED) is 0.279. The molecule has 0 aliphatic carbocycles. The van der Waals surface area contributed by atoms with E-state index in [-0.39, 0.29) is 17.5 Å². The fraction of sp³-hybridized carbons (Fsp3) is 0.250. The Labute approximate surface area is 212 Å². The van der Waals surface area contributed by atoms with Crippen LogP contribution in [-0.4, -0.2) is 36.1 Å². The molecule has 0 fully saturated rings. The number of aromatic nitrogens is 2. The molecule has 0 aliphatic heterocycles. The standard InChI is InChI=1S/C28H27F3N4O2/c1-5-18(2)37-25-16-22(34(3)4)14-13-20(25)17-32-35-26(19-9-8-10-21(15-19)28(29,30)31)33-24-12-7-6-11-23(24)27(35)36/h6-18H,5H2,1-4H3/t18-/m0/s1. The van der Waals surface area contributed by atoms with Crippen molar-refractivity contribution in [3.63, 3.8) is 0 Å². The molecule has 1 atom stereocenters. The van der Waals surface area contributed by atoms with Gasteiger partial charge in [-0.1, -0.05) is 31.2 Å². The summed E-state index contributed by atoms with van der Waals surface area (Å²) in [6.07, 6.45) is -2.35. The molecule has 0 radical (unpaired) electrons. The van der Waals surface area contributed by atoms with Crippen molar-refractivity contribution in [1.29, 1.82) is 0 Å². The lowest BCUT2D eigenvalue weighted by molar-refractivity contribution is -0.137. The lowest BCUT2D eigenvalue weighted by atomic mass is 10.1. The second kappa shape index (κ2) is 10.5. The summed E-state index contributed by atoms with van der Waals surface area (Å²) in [7, 11) is 3.83. The molecule has 1 aromatic heterocycles. The zero-order valence-electron chi connectivity index (χ0n) is 21.0. The number of rotatable bonds is 7. The van der Waals surface area contributed by atoms with Crippen LogP contribution in [0.1, 0.15) is 31.4 Å². The first-order chi connectivity index (χ1) is 17.6. The van der Waals surface area contributed by atoms with Crippen molar-refractivity contribution in [3.8, 4) is 17.1 Å². The van der Waals surface area contributed by atoms with Gasteiger partial charge in [-0.2, -0.15) is 22.9 Å². The molecule has 4 rings (SSSR count). The number of benzene rings is 3. The molecule has 0 saturated heterocycles. The van der Waals surface area contributed by atoms with Gasteiger partial charge in [0.1, 0.15) is 5.75 Å². The Hall–Kier alpha value is -4.14. The molecule has 0 amide bonds. The molecule has 4 aromatic rings. The molecule has 192 valence electrons. The fourth-order valence-electron chi connectivity index (χ4n) is 3.68. The first kappa shape index (κ1) is 25.9. The number of nitrogens with zero attached hydrogens (tertiary/aromatic N) is 4. The smallest absolute Gasteiger partial charge is 0.416 e. The Balaban J connectivity index is 1.90. The zero-order valence-corrected chi connectivity index (χ0v) is 21.0. The summed E-state index contributed by atoms with van der Waals surface area (Å²) < 4.78 is 47.4. The summed E-state index contributed by atoms with van der Waals surface area (Å²) in [5.41, 5.74) is 0.678. The minimum Gasteiger partial charge on any atom is -0.490 e. The number of alkyl halides is 3. The second-order valence-corrected chi connectivity index (χ2v) is 8.85. The van der Waals surface area contributed by atoms with E-state index in [1.807, 2.05) is 51.0 Å². The molecule has 37 heavy (non-hydrogen) atoms. The van der Waals surface area contributed by atoms with Crippen LogP contribution in [0, 0.1) is 0 Å². The number of anilines is 1. The van der Waals surface area contributed by atoms with Crippen molar-refractivity contribution in [2.24, 2.45) is 5.10 Å². The summed E-state index contributed by atoms with van der Waals surface area (Å²) in [6.45, 7) is 3.96. The maximum absolute atomic E-state index is 13.4. The van der Waals surface area contributed by atoms with Crippen molar-refractivity contribution in [3.05, 3.63) is 88.2 Å². The lowest BCUT2D eigenvalue weighted by Gasteiger charge is -2.19. The Kier molecular flexibility index (Phi) is 7.33. The van der Waals surface area contributed by atoms with Crippen LogP contribution in [0.15, 0.2) is 76.6 Å². The third-order valence-electron chi connectivity index (χ3n) is 5.93. The molecule has 1 heterocycles. The maximum atomic E-state index is 13.4. The molecule has 0 N–H and O–H groups in total. The van der Waals surface area contributed by atoms with Gasteiger partial charge in [-0.25, -0.2) is 4.98 Å². The van der Waals surface area contributed by atoms with Crippen molar-refractivity contribution in [1.82, 2.24) is 9.66 Å². The van der Waals surface area contributed by atoms with E-state index in [1.54, 1.807) is 24.3 Å². The van der Waals surface area contributed by atoms with E-state index in [0.717, 1.165) is 28.9 Å². The third-order valence-corrected chi connectivity index (χ3v) is 5.93. The van der Waals surface area contributed by atoms with Gasteiger partial charge in [0, 0.05) is 37.0 Å². The van der Waals surface area contributed by atoms with Gasteiger partial charge in [-0.3, -0.25) is 4.79 Å². The molecule has 3 aromatic carbocycles. The van der Waals surface area contributed by atoms with Crippen molar-refractivity contribution < 1.29 is 17.9 Å². The molecule has 0 bridgehead atoms. The van der Waals surface area contributed by atoms with E-state index < -0.39 is 17.3 Å².